The van der Waals surface area contributed by atoms with Gasteiger partial charge in [0, 0.05) is 24.3 Å². The van der Waals surface area contributed by atoms with Crippen LogP contribution in [0, 0.1) is 0 Å². The van der Waals surface area contributed by atoms with Gasteiger partial charge in [0.15, 0.2) is 11.5 Å². The number of aromatic nitrogens is 4. The zero-order valence-corrected chi connectivity index (χ0v) is 16.8. The van der Waals surface area contributed by atoms with Gasteiger partial charge in [-0.25, -0.2) is 14.6 Å². The monoisotopic (exact) mass is 412 g/mol. The molecule has 1 fully saturated rings. The Kier molecular flexibility index (Phi) is 4.17. The third-order valence-corrected chi connectivity index (χ3v) is 5.71. The van der Waals surface area contributed by atoms with E-state index in [0.29, 0.717) is 25.5 Å². The highest BCUT2D eigenvalue weighted by Gasteiger charge is 2.23. The lowest BCUT2D eigenvalue weighted by atomic mass is 10.1. The fourth-order valence-corrected chi connectivity index (χ4v) is 4.16. The zero-order chi connectivity index (χ0) is 20.8. The summed E-state index contributed by atoms with van der Waals surface area (Å²) >= 11 is 0. The van der Waals surface area contributed by atoms with E-state index in [1.54, 1.807) is 0 Å². The van der Waals surface area contributed by atoms with Gasteiger partial charge in [0.05, 0.1) is 36.9 Å². The molecule has 0 radical (unpaired) electrons. The first-order valence-electron chi connectivity index (χ1n) is 10.3. The maximum absolute atomic E-state index is 11.8. The van der Waals surface area contributed by atoms with Gasteiger partial charge >= 0.3 is 0 Å². The molecule has 1 N–H and O–H groups in total. The average molecular weight is 412 g/mol. The summed E-state index contributed by atoms with van der Waals surface area (Å²) < 4.78 is 7.39. The highest BCUT2D eigenvalue weighted by atomic mass is 16.5. The largest absolute Gasteiger partial charge is 0.378 e. The highest BCUT2D eigenvalue weighted by Crippen LogP contribution is 2.32. The molecule has 0 spiro atoms. The van der Waals surface area contributed by atoms with Crippen LogP contribution < -0.4 is 10.2 Å². The van der Waals surface area contributed by atoms with Gasteiger partial charge in [-0.1, -0.05) is 18.2 Å². The number of rotatable bonds is 3. The molecule has 8 nitrogen and oxygen atoms in total. The van der Waals surface area contributed by atoms with Crippen LogP contribution >= 0.6 is 0 Å². The standard InChI is InChI=1S/C23H20N6O2/c30-20-13-16-12-15(6-7-19(16)25-20)21-26-22(28-8-10-31-11-9-28)18-14-24-29(23(18)27-21)17-4-2-1-3-5-17/h1-7,12,14H,8-11,13H2,(H,25,30). The van der Waals surface area contributed by atoms with Gasteiger partial charge in [-0.2, -0.15) is 5.10 Å². The molecule has 4 heterocycles. The normalized spacial score (nSPS) is 15.9. The molecule has 0 bridgehead atoms. The fourth-order valence-electron chi connectivity index (χ4n) is 4.16. The lowest BCUT2D eigenvalue weighted by Crippen LogP contribution is -2.37. The first-order chi connectivity index (χ1) is 15.3. The van der Waals surface area contributed by atoms with E-state index in [-0.39, 0.29) is 5.91 Å². The van der Waals surface area contributed by atoms with Crippen molar-refractivity contribution in [2.75, 3.05) is 36.5 Å². The van der Waals surface area contributed by atoms with Crippen molar-refractivity contribution in [2.24, 2.45) is 0 Å². The number of para-hydroxylation sites is 1. The Morgan fingerprint density at radius 2 is 1.84 bits per heavy atom. The molecule has 6 rings (SSSR count). The first kappa shape index (κ1) is 18.0. The Morgan fingerprint density at radius 3 is 2.68 bits per heavy atom. The highest BCUT2D eigenvalue weighted by molar-refractivity contribution is 5.99. The number of hydrogen-bond donors (Lipinski definition) is 1. The Bertz CT molecular complexity index is 1290. The van der Waals surface area contributed by atoms with Crippen LogP contribution in [0.2, 0.25) is 0 Å². The van der Waals surface area contributed by atoms with Gasteiger partial charge in [0.2, 0.25) is 5.91 Å². The summed E-state index contributed by atoms with van der Waals surface area (Å²) in [5.74, 6) is 1.49. The van der Waals surface area contributed by atoms with Crippen molar-refractivity contribution in [1.29, 1.82) is 0 Å². The Balaban J connectivity index is 1.54. The van der Waals surface area contributed by atoms with Crippen LogP contribution in [0.25, 0.3) is 28.1 Å². The molecule has 1 saturated heterocycles. The molecular weight excluding hydrogens is 392 g/mol. The second kappa shape index (κ2) is 7.17. The van der Waals surface area contributed by atoms with Crippen molar-refractivity contribution in [1.82, 2.24) is 19.7 Å². The van der Waals surface area contributed by atoms with E-state index in [2.05, 4.69) is 15.3 Å². The quantitative estimate of drug-likeness (QED) is 0.557. The number of benzene rings is 2. The van der Waals surface area contributed by atoms with Gasteiger partial charge in [0.25, 0.3) is 0 Å². The number of hydrogen-bond acceptors (Lipinski definition) is 6. The SMILES string of the molecule is O=C1Cc2cc(-c3nc(N4CCOCC4)c4cnn(-c5ccccc5)c4n3)ccc2N1. The predicted molar refractivity (Wildman–Crippen MR) is 117 cm³/mol. The van der Waals surface area contributed by atoms with E-state index in [0.717, 1.165) is 52.4 Å². The molecule has 2 aliphatic rings. The molecule has 0 atom stereocenters. The Morgan fingerprint density at radius 1 is 1.00 bits per heavy atom. The van der Waals surface area contributed by atoms with E-state index >= 15 is 0 Å². The zero-order valence-electron chi connectivity index (χ0n) is 16.8. The molecule has 4 aromatic rings. The van der Waals surface area contributed by atoms with E-state index < -0.39 is 0 Å². The lowest BCUT2D eigenvalue weighted by molar-refractivity contribution is -0.115. The summed E-state index contributed by atoms with van der Waals surface area (Å²) in [6, 6.07) is 15.8. The number of nitrogens with zero attached hydrogens (tertiary/aromatic N) is 5. The van der Waals surface area contributed by atoms with E-state index in [4.69, 9.17) is 14.7 Å². The third kappa shape index (κ3) is 3.12. The Hall–Kier alpha value is -3.78. The van der Waals surface area contributed by atoms with E-state index in [9.17, 15) is 4.79 Å². The number of anilines is 2. The van der Waals surface area contributed by atoms with Gasteiger partial charge < -0.3 is 15.0 Å². The molecule has 2 aromatic carbocycles. The number of carbonyl (C=O) groups is 1. The fraction of sp³-hybridized carbons (Fsp3) is 0.217. The molecule has 31 heavy (non-hydrogen) atoms. The lowest BCUT2D eigenvalue weighted by Gasteiger charge is -2.28. The van der Waals surface area contributed by atoms with Crippen molar-refractivity contribution in [3.63, 3.8) is 0 Å². The molecule has 8 heteroatoms. The predicted octanol–water partition coefficient (Wildman–Crippen LogP) is 2.81. The summed E-state index contributed by atoms with van der Waals surface area (Å²) in [6.07, 6.45) is 2.21. The van der Waals surface area contributed by atoms with Crippen LogP contribution in [0.15, 0.2) is 54.7 Å². The number of amides is 1. The molecule has 2 aliphatic heterocycles. The number of carbonyl (C=O) groups excluding carboxylic acids is 1. The summed E-state index contributed by atoms with van der Waals surface area (Å²) in [4.78, 5) is 23.9. The van der Waals surface area contributed by atoms with Crippen LogP contribution in [0.3, 0.4) is 0 Å². The third-order valence-electron chi connectivity index (χ3n) is 5.71. The van der Waals surface area contributed by atoms with Crippen LogP contribution in [0.1, 0.15) is 5.56 Å². The van der Waals surface area contributed by atoms with E-state index in [1.165, 1.54) is 0 Å². The van der Waals surface area contributed by atoms with Crippen molar-refractivity contribution >= 4 is 28.4 Å². The van der Waals surface area contributed by atoms with Gasteiger partial charge in [0.1, 0.15) is 5.82 Å². The molecular formula is C23H20N6O2. The molecule has 1 amide bonds. The molecule has 2 aromatic heterocycles. The van der Waals surface area contributed by atoms with Gasteiger partial charge in [-0.05, 0) is 35.9 Å². The molecule has 0 unspecified atom stereocenters. The van der Waals surface area contributed by atoms with Gasteiger partial charge in [-0.3, -0.25) is 4.79 Å². The van der Waals surface area contributed by atoms with Crippen molar-refractivity contribution in [2.45, 2.75) is 6.42 Å². The molecule has 0 saturated carbocycles. The summed E-state index contributed by atoms with van der Waals surface area (Å²) in [6.45, 7) is 2.87. The van der Waals surface area contributed by atoms with E-state index in [1.807, 2.05) is 59.4 Å². The Labute approximate surface area is 178 Å². The van der Waals surface area contributed by atoms with Crippen LogP contribution in [-0.2, 0) is 16.0 Å². The number of ether oxygens (including phenoxy) is 1. The first-order valence-corrected chi connectivity index (χ1v) is 10.3. The average Bonchev–Trinajstić information content (AvgIpc) is 3.41. The summed E-state index contributed by atoms with van der Waals surface area (Å²) in [7, 11) is 0. The van der Waals surface area contributed by atoms with Gasteiger partial charge in [-0.15, -0.1) is 0 Å². The molecule has 154 valence electrons. The van der Waals surface area contributed by atoms with Crippen LogP contribution in [0.5, 0.6) is 0 Å². The number of fused-ring (bicyclic) bond motifs is 2. The van der Waals surface area contributed by atoms with Crippen molar-refractivity contribution in [3.8, 4) is 17.1 Å². The minimum absolute atomic E-state index is 0.0136. The van der Waals surface area contributed by atoms with Crippen LogP contribution in [0.4, 0.5) is 11.5 Å². The van der Waals surface area contributed by atoms with Crippen molar-refractivity contribution < 1.29 is 9.53 Å². The summed E-state index contributed by atoms with van der Waals surface area (Å²) in [5.41, 5.74) is 4.41. The van der Waals surface area contributed by atoms with Crippen molar-refractivity contribution in [3.05, 3.63) is 60.3 Å². The van der Waals surface area contributed by atoms with Crippen LogP contribution in [-0.4, -0.2) is 52.0 Å². The minimum atomic E-state index is 0.0136. The summed E-state index contributed by atoms with van der Waals surface area (Å²) in [5, 5.41) is 8.41. The second-order valence-electron chi connectivity index (χ2n) is 7.70. The number of nitrogens with one attached hydrogen (secondary N) is 1. The topological polar surface area (TPSA) is 85.2 Å². The maximum atomic E-state index is 11.8. The number of morpholine rings is 1. The second-order valence-corrected chi connectivity index (χ2v) is 7.70. The molecule has 0 aliphatic carbocycles. The minimum Gasteiger partial charge on any atom is -0.378 e. The smallest absolute Gasteiger partial charge is 0.228 e. The maximum Gasteiger partial charge on any atom is 0.228 e.